The Labute approximate surface area is 79.2 Å². The Morgan fingerprint density at radius 2 is 1.82 bits per heavy atom. The second kappa shape index (κ2) is 5.82. The van der Waals surface area contributed by atoms with Crippen molar-refractivity contribution in [2.24, 2.45) is 5.92 Å². The zero-order valence-electron chi connectivity index (χ0n) is 8.08. The summed E-state index contributed by atoms with van der Waals surface area (Å²) in [6.45, 7) is 8.89. The molecular formula is C10H19Br. The molecule has 0 amide bonds. The first kappa shape index (κ1) is 11.2. The van der Waals surface area contributed by atoms with Crippen LogP contribution in [-0.4, -0.2) is 5.33 Å². The second-order valence-corrected chi connectivity index (χ2v) is 4.23. The Bertz CT molecular complexity index is 132. The number of hydrogen-bond acceptors (Lipinski definition) is 0. The van der Waals surface area contributed by atoms with Gasteiger partial charge in [0.2, 0.25) is 0 Å². The number of hydrogen-bond donors (Lipinski definition) is 0. The van der Waals surface area contributed by atoms with Crippen LogP contribution >= 0.6 is 15.9 Å². The molecule has 11 heavy (non-hydrogen) atoms. The van der Waals surface area contributed by atoms with Crippen LogP contribution in [0.4, 0.5) is 0 Å². The number of rotatable bonds is 4. The third kappa shape index (κ3) is 5.49. The lowest BCUT2D eigenvalue weighted by molar-refractivity contribution is 0.595. The van der Waals surface area contributed by atoms with E-state index in [1.807, 2.05) is 0 Å². The molecule has 0 saturated heterocycles. The molecular weight excluding hydrogens is 200 g/mol. The largest absolute Gasteiger partial charge is 0.0925 e. The summed E-state index contributed by atoms with van der Waals surface area (Å²) < 4.78 is 0. The zero-order valence-corrected chi connectivity index (χ0v) is 9.66. The van der Waals surface area contributed by atoms with Crippen molar-refractivity contribution < 1.29 is 0 Å². The molecule has 1 unspecified atom stereocenters. The normalized spacial score (nSPS) is 12.8. The minimum absolute atomic E-state index is 0.810. The molecule has 1 atom stereocenters. The van der Waals surface area contributed by atoms with E-state index < -0.39 is 0 Å². The van der Waals surface area contributed by atoms with Gasteiger partial charge >= 0.3 is 0 Å². The van der Waals surface area contributed by atoms with Crippen LogP contribution in [0.15, 0.2) is 11.1 Å². The minimum Gasteiger partial charge on any atom is -0.0925 e. The topological polar surface area (TPSA) is 0 Å². The number of allylic oxidation sites excluding steroid dienone is 2. The predicted molar refractivity (Wildman–Crippen MR) is 56.2 cm³/mol. The summed E-state index contributed by atoms with van der Waals surface area (Å²) in [6, 6.07) is 0. The van der Waals surface area contributed by atoms with Gasteiger partial charge in [0.05, 0.1) is 0 Å². The summed E-state index contributed by atoms with van der Waals surface area (Å²) in [6.07, 6.45) is 2.57. The maximum Gasteiger partial charge on any atom is 0.00571 e. The highest BCUT2D eigenvalue weighted by atomic mass is 79.9. The van der Waals surface area contributed by atoms with Crippen LogP contribution in [0.3, 0.4) is 0 Å². The lowest BCUT2D eigenvalue weighted by Gasteiger charge is -2.08. The fourth-order valence-corrected chi connectivity index (χ4v) is 1.11. The molecule has 0 aliphatic carbocycles. The van der Waals surface area contributed by atoms with Crippen LogP contribution in [0, 0.1) is 5.92 Å². The molecule has 0 radical (unpaired) electrons. The Hall–Kier alpha value is 0.220. The lowest BCUT2D eigenvalue weighted by Crippen LogP contribution is -1.95. The summed E-state index contributed by atoms with van der Waals surface area (Å²) in [5.74, 6) is 0.810. The standard InChI is InChI=1S/C10H19Br/c1-8(2)10(4)6-5-9(3)7-11/h9H,5-7H2,1-4H3. The molecule has 0 aliphatic rings. The lowest BCUT2D eigenvalue weighted by atomic mass is 10.0. The van der Waals surface area contributed by atoms with Gasteiger partial charge in [-0.15, -0.1) is 0 Å². The molecule has 0 bridgehead atoms. The molecule has 0 N–H and O–H groups in total. The smallest absolute Gasteiger partial charge is 0.00571 e. The van der Waals surface area contributed by atoms with Crippen molar-refractivity contribution >= 4 is 15.9 Å². The molecule has 0 spiro atoms. The second-order valence-electron chi connectivity index (χ2n) is 3.58. The van der Waals surface area contributed by atoms with Crippen molar-refractivity contribution in [1.29, 1.82) is 0 Å². The van der Waals surface area contributed by atoms with E-state index >= 15 is 0 Å². The van der Waals surface area contributed by atoms with Crippen LogP contribution in [0.25, 0.3) is 0 Å². The highest BCUT2D eigenvalue weighted by Gasteiger charge is 2.00. The average molecular weight is 219 g/mol. The summed E-state index contributed by atoms with van der Waals surface area (Å²) in [4.78, 5) is 0. The van der Waals surface area contributed by atoms with Gasteiger partial charge in [0.25, 0.3) is 0 Å². The van der Waals surface area contributed by atoms with Gasteiger partial charge in [-0.05, 0) is 39.5 Å². The first-order chi connectivity index (χ1) is 5.07. The molecule has 0 rings (SSSR count). The van der Waals surface area contributed by atoms with Gasteiger partial charge in [-0.3, -0.25) is 0 Å². The molecule has 0 saturated carbocycles. The summed E-state index contributed by atoms with van der Waals surface area (Å²) in [5.41, 5.74) is 3.03. The number of alkyl halides is 1. The summed E-state index contributed by atoms with van der Waals surface area (Å²) in [7, 11) is 0. The maximum atomic E-state index is 3.49. The van der Waals surface area contributed by atoms with Crippen molar-refractivity contribution in [3.63, 3.8) is 0 Å². The Morgan fingerprint density at radius 1 is 1.27 bits per heavy atom. The van der Waals surface area contributed by atoms with Gasteiger partial charge in [-0.1, -0.05) is 34.0 Å². The maximum absolute atomic E-state index is 3.49. The third-order valence-corrected chi connectivity index (χ3v) is 3.23. The van der Waals surface area contributed by atoms with Gasteiger partial charge in [-0.25, -0.2) is 0 Å². The molecule has 66 valence electrons. The first-order valence-electron chi connectivity index (χ1n) is 4.26. The molecule has 0 heterocycles. The van der Waals surface area contributed by atoms with Gasteiger partial charge in [0.1, 0.15) is 0 Å². The van der Waals surface area contributed by atoms with E-state index in [4.69, 9.17) is 0 Å². The van der Waals surface area contributed by atoms with Crippen molar-refractivity contribution in [1.82, 2.24) is 0 Å². The monoisotopic (exact) mass is 218 g/mol. The van der Waals surface area contributed by atoms with Crippen LogP contribution < -0.4 is 0 Å². The van der Waals surface area contributed by atoms with Crippen LogP contribution in [0.1, 0.15) is 40.5 Å². The fraction of sp³-hybridized carbons (Fsp3) is 0.800. The van der Waals surface area contributed by atoms with E-state index in [0.717, 1.165) is 11.2 Å². The molecule has 0 aromatic carbocycles. The molecule has 0 aromatic rings. The van der Waals surface area contributed by atoms with Crippen LogP contribution in [0.5, 0.6) is 0 Å². The highest BCUT2D eigenvalue weighted by molar-refractivity contribution is 9.09. The molecule has 0 aliphatic heterocycles. The van der Waals surface area contributed by atoms with Gasteiger partial charge in [0, 0.05) is 5.33 Å². The summed E-state index contributed by atoms with van der Waals surface area (Å²) >= 11 is 3.49. The average Bonchev–Trinajstić information content (AvgIpc) is 1.99. The van der Waals surface area contributed by atoms with Crippen LogP contribution in [0.2, 0.25) is 0 Å². The molecule has 0 aromatic heterocycles. The first-order valence-corrected chi connectivity index (χ1v) is 5.39. The Morgan fingerprint density at radius 3 is 2.18 bits per heavy atom. The Kier molecular flexibility index (Phi) is 5.93. The SMILES string of the molecule is CC(C)=C(C)CCC(C)CBr. The molecule has 0 nitrogen and oxygen atoms in total. The zero-order chi connectivity index (χ0) is 8.85. The van der Waals surface area contributed by atoms with E-state index in [1.165, 1.54) is 18.4 Å². The van der Waals surface area contributed by atoms with Gasteiger partial charge in [0.15, 0.2) is 0 Å². The predicted octanol–water partition coefficient (Wildman–Crippen LogP) is 4.15. The van der Waals surface area contributed by atoms with Crippen LogP contribution in [-0.2, 0) is 0 Å². The molecule has 1 heteroatoms. The summed E-state index contributed by atoms with van der Waals surface area (Å²) in [5, 5.41) is 1.13. The molecule has 0 fully saturated rings. The van der Waals surface area contributed by atoms with Crippen molar-refractivity contribution in [2.75, 3.05) is 5.33 Å². The third-order valence-electron chi connectivity index (χ3n) is 2.13. The van der Waals surface area contributed by atoms with E-state index in [0.29, 0.717) is 0 Å². The fourth-order valence-electron chi connectivity index (χ4n) is 0.790. The van der Waals surface area contributed by atoms with E-state index in [-0.39, 0.29) is 0 Å². The van der Waals surface area contributed by atoms with Crippen molar-refractivity contribution in [3.05, 3.63) is 11.1 Å². The highest BCUT2D eigenvalue weighted by Crippen LogP contribution is 2.15. The number of halogens is 1. The van der Waals surface area contributed by atoms with Crippen molar-refractivity contribution in [3.8, 4) is 0 Å². The van der Waals surface area contributed by atoms with E-state index in [9.17, 15) is 0 Å². The van der Waals surface area contributed by atoms with Gasteiger partial charge < -0.3 is 0 Å². The van der Waals surface area contributed by atoms with Gasteiger partial charge in [-0.2, -0.15) is 0 Å². The van der Waals surface area contributed by atoms with E-state index in [2.05, 4.69) is 43.6 Å². The van der Waals surface area contributed by atoms with E-state index in [1.54, 1.807) is 5.57 Å². The minimum atomic E-state index is 0.810. The van der Waals surface area contributed by atoms with Crippen molar-refractivity contribution in [2.45, 2.75) is 40.5 Å². The Balaban J connectivity index is 3.63. The quantitative estimate of drug-likeness (QED) is 0.492.